The molecular weight excluding hydrogens is 479 g/mol. The molecule has 0 radical (unpaired) electrons. The number of aryl methyl sites for hydroxylation is 3. The quantitative estimate of drug-likeness (QED) is 0.576. The minimum absolute atomic E-state index is 0.0808. The van der Waals surface area contributed by atoms with Gasteiger partial charge in [-0.15, -0.1) is 5.10 Å². The van der Waals surface area contributed by atoms with Crippen LogP contribution in [-0.2, 0) is 20.0 Å². The van der Waals surface area contributed by atoms with Crippen LogP contribution in [0.3, 0.4) is 0 Å². The molecule has 1 amide bonds. The van der Waals surface area contributed by atoms with E-state index in [4.69, 9.17) is 23.2 Å². The first-order valence-electron chi connectivity index (χ1n) is 9.92. The van der Waals surface area contributed by atoms with Crippen LogP contribution in [-0.4, -0.2) is 43.9 Å². The number of amides is 1. The van der Waals surface area contributed by atoms with E-state index < -0.39 is 18.1 Å². The summed E-state index contributed by atoms with van der Waals surface area (Å²) < 4.78 is 31.9. The van der Waals surface area contributed by atoms with Crippen LogP contribution in [0, 0.1) is 13.8 Å². The molecule has 0 saturated carbocycles. The highest BCUT2D eigenvalue weighted by molar-refractivity contribution is 6.39. The van der Waals surface area contributed by atoms with Crippen molar-refractivity contribution in [1.82, 2.24) is 24.9 Å². The Kier molecular flexibility index (Phi) is 6.15. The molecule has 0 atom stereocenters. The van der Waals surface area contributed by atoms with Gasteiger partial charge in [0.1, 0.15) is 5.75 Å². The molecule has 3 aromatic rings. The van der Waals surface area contributed by atoms with Gasteiger partial charge in [0.2, 0.25) is 0 Å². The number of rotatable bonds is 5. The average molecular weight is 498 g/mol. The monoisotopic (exact) mass is 497 g/mol. The molecule has 0 saturated heterocycles. The first-order valence-corrected chi connectivity index (χ1v) is 10.7. The second kappa shape index (κ2) is 8.75. The number of H-pyrrole nitrogens is 1. The number of ether oxygens (including phenoxy) is 1. The van der Waals surface area contributed by atoms with Crippen LogP contribution in [0.2, 0.25) is 10.0 Å². The van der Waals surface area contributed by atoms with Crippen LogP contribution in [0.15, 0.2) is 16.9 Å². The first kappa shape index (κ1) is 23.2. The minimum Gasteiger partial charge on any atom is -0.434 e. The predicted octanol–water partition coefficient (Wildman–Crippen LogP) is 3.89. The van der Waals surface area contributed by atoms with E-state index in [9.17, 15) is 18.4 Å². The molecule has 0 unspecified atom stereocenters. The summed E-state index contributed by atoms with van der Waals surface area (Å²) in [5.41, 5.74) is 2.16. The second-order valence-electron chi connectivity index (χ2n) is 7.70. The zero-order valence-electron chi connectivity index (χ0n) is 17.9. The molecule has 8 nitrogen and oxygen atoms in total. The van der Waals surface area contributed by atoms with Crippen molar-refractivity contribution in [3.05, 3.63) is 60.6 Å². The van der Waals surface area contributed by atoms with E-state index in [-0.39, 0.29) is 35.0 Å². The van der Waals surface area contributed by atoms with Crippen LogP contribution in [0.4, 0.5) is 8.78 Å². The van der Waals surface area contributed by atoms with Gasteiger partial charge in [0, 0.05) is 35.9 Å². The summed E-state index contributed by atoms with van der Waals surface area (Å²) in [6, 6.07) is 2.97. The summed E-state index contributed by atoms with van der Waals surface area (Å²) in [5, 5.41) is 8.54. The van der Waals surface area contributed by atoms with Gasteiger partial charge in [0.05, 0.1) is 34.1 Å². The molecule has 174 valence electrons. The molecule has 0 fully saturated rings. The van der Waals surface area contributed by atoms with Gasteiger partial charge in [-0.05, 0) is 31.9 Å². The van der Waals surface area contributed by atoms with Crippen molar-refractivity contribution in [2.75, 3.05) is 6.54 Å². The minimum atomic E-state index is -3.12. The van der Waals surface area contributed by atoms with Crippen LogP contribution in [0.1, 0.15) is 32.9 Å². The largest absolute Gasteiger partial charge is 0.434 e. The third-order valence-corrected chi connectivity index (χ3v) is 6.22. The molecule has 1 aliphatic heterocycles. The molecule has 1 N–H and O–H groups in total. The van der Waals surface area contributed by atoms with Gasteiger partial charge >= 0.3 is 6.61 Å². The third-order valence-electron chi connectivity index (χ3n) is 5.50. The summed E-state index contributed by atoms with van der Waals surface area (Å²) in [7, 11) is 1.70. The Morgan fingerprint density at radius 2 is 1.97 bits per heavy atom. The number of aromatic nitrogens is 4. The number of hydrogen-bond donors (Lipinski definition) is 1. The third kappa shape index (κ3) is 4.20. The highest BCUT2D eigenvalue weighted by Gasteiger charge is 2.32. The number of fused-ring (bicyclic) bond motifs is 1. The molecule has 1 aliphatic rings. The summed E-state index contributed by atoms with van der Waals surface area (Å²) in [5.74, 6) is -0.750. The molecule has 4 rings (SSSR count). The Morgan fingerprint density at radius 1 is 1.24 bits per heavy atom. The number of nitrogens with one attached hydrogen (secondary N) is 1. The Balaban J connectivity index is 1.77. The summed E-state index contributed by atoms with van der Waals surface area (Å²) >= 11 is 13.2. The molecule has 0 aliphatic carbocycles. The molecule has 1 aromatic carbocycles. The molecule has 2 aromatic heterocycles. The van der Waals surface area contributed by atoms with Crippen molar-refractivity contribution in [3.63, 3.8) is 0 Å². The second-order valence-corrected chi connectivity index (χ2v) is 8.49. The molecule has 0 spiro atoms. The van der Waals surface area contributed by atoms with Gasteiger partial charge in [-0.1, -0.05) is 28.4 Å². The van der Waals surface area contributed by atoms with Crippen LogP contribution in [0.5, 0.6) is 5.75 Å². The predicted molar refractivity (Wildman–Crippen MR) is 118 cm³/mol. The molecule has 0 bridgehead atoms. The summed E-state index contributed by atoms with van der Waals surface area (Å²) in [6.07, 6.45) is 0.372. The molecular formula is C21H19Cl2F2N5O3. The number of aromatic amines is 1. The molecule has 3 heterocycles. The van der Waals surface area contributed by atoms with Gasteiger partial charge in [0.25, 0.3) is 11.5 Å². The maximum Gasteiger partial charge on any atom is 0.387 e. The SMILES string of the molecule is Cc1cc(OC(F)F)c(CN2CCc3c(Cl)cc(-c4c(C)nnn4C)c(Cl)c3C2=O)c(=O)[nH]1. The standard InChI is InChI=1S/C21H19Cl2F2N5O3/c1-9-6-15(33-21(24)25)13(19(31)26-9)8-30-5-4-11-14(22)7-12(17(23)16(11)20(30)32)18-10(2)27-28-29(18)3/h6-7,21H,4-5,8H2,1-3H3,(H,26,31). The topological polar surface area (TPSA) is 93.1 Å². The Hall–Kier alpha value is -2.98. The normalized spacial score (nSPS) is 13.6. The van der Waals surface area contributed by atoms with Gasteiger partial charge < -0.3 is 14.6 Å². The lowest BCUT2D eigenvalue weighted by molar-refractivity contribution is -0.0508. The van der Waals surface area contributed by atoms with E-state index in [1.54, 1.807) is 27.0 Å². The van der Waals surface area contributed by atoms with E-state index in [1.165, 1.54) is 15.6 Å². The fourth-order valence-corrected chi connectivity index (χ4v) is 4.66. The highest BCUT2D eigenvalue weighted by atomic mass is 35.5. The molecule has 12 heteroatoms. The van der Waals surface area contributed by atoms with E-state index in [0.29, 0.717) is 39.7 Å². The lowest BCUT2D eigenvalue weighted by atomic mass is 9.94. The van der Waals surface area contributed by atoms with Gasteiger partial charge in [-0.2, -0.15) is 8.78 Å². The lowest BCUT2D eigenvalue weighted by Gasteiger charge is -2.30. The van der Waals surface area contributed by atoms with Crippen molar-refractivity contribution in [3.8, 4) is 17.0 Å². The molecule has 33 heavy (non-hydrogen) atoms. The van der Waals surface area contributed by atoms with Crippen molar-refractivity contribution in [2.24, 2.45) is 7.05 Å². The van der Waals surface area contributed by atoms with Gasteiger partial charge in [-0.25, -0.2) is 4.68 Å². The van der Waals surface area contributed by atoms with Crippen molar-refractivity contribution in [1.29, 1.82) is 0 Å². The maximum atomic E-state index is 13.4. The summed E-state index contributed by atoms with van der Waals surface area (Å²) in [6.45, 7) is 0.169. The number of carbonyl (C=O) groups is 1. The number of halogens is 4. The Morgan fingerprint density at radius 3 is 2.61 bits per heavy atom. The summed E-state index contributed by atoms with van der Waals surface area (Å²) in [4.78, 5) is 29.8. The fraction of sp³-hybridized carbons (Fsp3) is 0.333. The van der Waals surface area contributed by atoms with E-state index in [2.05, 4.69) is 20.0 Å². The van der Waals surface area contributed by atoms with Crippen molar-refractivity contribution in [2.45, 2.75) is 33.4 Å². The number of alkyl halides is 2. The smallest absolute Gasteiger partial charge is 0.387 e. The van der Waals surface area contributed by atoms with Crippen LogP contribution < -0.4 is 10.3 Å². The number of nitrogens with zero attached hydrogens (tertiary/aromatic N) is 4. The zero-order chi connectivity index (χ0) is 24.0. The Bertz CT molecular complexity index is 1300. The van der Waals surface area contributed by atoms with Crippen molar-refractivity contribution < 1.29 is 18.3 Å². The highest BCUT2D eigenvalue weighted by Crippen LogP contribution is 2.40. The van der Waals surface area contributed by atoms with Crippen LogP contribution >= 0.6 is 23.2 Å². The number of carbonyl (C=O) groups excluding carboxylic acids is 1. The maximum absolute atomic E-state index is 13.4. The van der Waals surface area contributed by atoms with E-state index in [0.717, 1.165) is 0 Å². The van der Waals surface area contributed by atoms with Gasteiger partial charge in [-0.3, -0.25) is 9.59 Å². The number of benzene rings is 1. The van der Waals surface area contributed by atoms with Crippen molar-refractivity contribution >= 4 is 29.1 Å². The fourth-order valence-electron chi connectivity index (χ4n) is 4.02. The number of pyridine rings is 1. The zero-order valence-corrected chi connectivity index (χ0v) is 19.4. The van der Waals surface area contributed by atoms with Crippen LogP contribution in [0.25, 0.3) is 11.3 Å². The Labute approximate surface area is 197 Å². The van der Waals surface area contributed by atoms with E-state index in [1.807, 2.05) is 0 Å². The van der Waals surface area contributed by atoms with Gasteiger partial charge in [0.15, 0.2) is 0 Å². The van der Waals surface area contributed by atoms with E-state index >= 15 is 0 Å². The number of hydrogen-bond acceptors (Lipinski definition) is 5. The average Bonchev–Trinajstić information content (AvgIpc) is 3.06. The lowest BCUT2D eigenvalue weighted by Crippen LogP contribution is -2.39. The first-order chi connectivity index (χ1) is 15.6.